The van der Waals surface area contributed by atoms with E-state index in [2.05, 4.69) is 10.1 Å². The van der Waals surface area contributed by atoms with Crippen LogP contribution in [0.3, 0.4) is 0 Å². The number of benzene rings is 1. The molecule has 0 spiro atoms. The summed E-state index contributed by atoms with van der Waals surface area (Å²) in [5, 5.41) is 13.7. The van der Waals surface area contributed by atoms with Gasteiger partial charge in [0.1, 0.15) is 12.4 Å². The normalized spacial score (nSPS) is 12.0. The molecule has 108 valence electrons. The van der Waals surface area contributed by atoms with Crippen molar-refractivity contribution >= 4 is 22.1 Å². The summed E-state index contributed by atoms with van der Waals surface area (Å²) >= 11 is 1.58. The second-order valence-corrected chi connectivity index (χ2v) is 5.45. The molecule has 0 atom stereocenters. The van der Waals surface area contributed by atoms with Gasteiger partial charge in [-0.3, -0.25) is 4.40 Å². The second kappa shape index (κ2) is 5.45. The molecule has 0 unspecified atom stereocenters. The molecule has 0 aliphatic carbocycles. The molecular weight excluding hydrogens is 288 g/mol. The molecule has 6 nitrogen and oxygen atoms in total. The van der Waals surface area contributed by atoms with E-state index >= 15 is 0 Å². The third-order valence-corrected chi connectivity index (χ3v) is 3.88. The lowest BCUT2D eigenvalue weighted by atomic mass is 10.1. The SMILES string of the molecule is Cc1ccc(/C(N)=N/O)cc1OCc1cn2ccsc2n1. The lowest BCUT2D eigenvalue weighted by Crippen LogP contribution is -2.13. The topological polar surface area (TPSA) is 85.1 Å². The number of hydrogen-bond donors (Lipinski definition) is 2. The highest BCUT2D eigenvalue weighted by molar-refractivity contribution is 7.15. The fourth-order valence-corrected chi connectivity index (χ4v) is 2.69. The van der Waals surface area contributed by atoms with Crippen LogP contribution in [-0.2, 0) is 6.61 Å². The monoisotopic (exact) mass is 302 g/mol. The van der Waals surface area contributed by atoms with E-state index in [-0.39, 0.29) is 5.84 Å². The number of rotatable bonds is 4. The number of imidazole rings is 1. The van der Waals surface area contributed by atoms with Crippen molar-refractivity contribution in [1.29, 1.82) is 0 Å². The number of aryl methyl sites for hydroxylation is 1. The first-order valence-corrected chi connectivity index (χ1v) is 7.18. The van der Waals surface area contributed by atoms with Crippen molar-refractivity contribution in [2.45, 2.75) is 13.5 Å². The summed E-state index contributed by atoms with van der Waals surface area (Å²) in [7, 11) is 0. The fourth-order valence-electron chi connectivity index (χ4n) is 1.97. The van der Waals surface area contributed by atoms with Crippen molar-refractivity contribution in [3.63, 3.8) is 0 Å². The molecular formula is C14H14N4O2S. The standard InChI is InChI=1S/C14H14N4O2S/c1-9-2-3-10(13(15)17-19)6-12(9)20-8-11-7-18-4-5-21-14(18)16-11/h2-7,19H,8H2,1H3,(H2,15,17). The van der Waals surface area contributed by atoms with Gasteiger partial charge in [0.05, 0.1) is 5.69 Å². The van der Waals surface area contributed by atoms with E-state index in [1.54, 1.807) is 23.5 Å². The van der Waals surface area contributed by atoms with E-state index in [0.29, 0.717) is 17.9 Å². The average molecular weight is 302 g/mol. The number of thiazole rings is 1. The van der Waals surface area contributed by atoms with Gasteiger partial charge in [0, 0.05) is 23.3 Å². The van der Waals surface area contributed by atoms with Gasteiger partial charge >= 0.3 is 0 Å². The molecule has 2 heterocycles. The number of nitrogens with zero attached hydrogens (tertiary/aromatic N) is 3. The molecule has 7 heteroatoms. The van der Waals surface area contributed by atoms with Gasteiger partial charge in [0.15, 0.2) is 10.8 Å². The predicted octanol–water partition coefficient (Wildman–Crippen LogP) is 2.38. The molecule has 0 saturated carbocycles. The Morgan fingerprint density at radius 3 is 3.14 bits per heavy atom. The molecule has 0 radical (unpaired) electrons. The van der Waals surface area contributed by atoms with Crippen LogP contribution in [0.2, 0.25) is 0 Å². The van der Waals surface area contributed by atoms with E-state index in [4.69, 9.17) is 15.7 Å². The smallest absolute Gasteiger partial charge is 0.193 e. The lowest BCUT2D eigenvalue weighted by molar-refractivity contribution is 0.300. The average Bonchev–Trinajstić information content (AvgIpc) is 3.06. The quantitative estimate of drug-likeness (QED) is 0.335. The maximum atomic E-state index is 8.72. The number of nitrogens with two attached hydrogens (primary N) is 1. The molecule has 3 rings (SSSR count). The van der Waals surface area contributed by atoms with E-state index < -0.39 is 0 Å². The molecule has 0 amide bonds. The van der Waals surface area contributed by atoms with E-state index in [1.807, 2.05) is 35.2 Å². The molecule has 0 fully saturated rings. The van der Waals surface area contributed by atoms with Gasteiger partial charge in [-0.05, 0) is 18.6 Å². The lowest BCUT2D eigenvalue weighted by Gasteiger charge is -2.09. The minimum absolute atomic E-state index is 0.0577. The summed E-state index contributed by atoms with van der Waals surface area (Å²) in [6, 6.07) is 5.40. The van der Waals surface area contributed by atoms with Gasteiger partial charge in [-0.15, -0.1) is 11.3 Å². The van der Waals surface area contributed by atoms with Crippen LogP contribution in [0.1, 0.15) is 16.8 Å². The van der Waals surface area contributed by atoms with Crippen molar-refractivity contribution in [1.82, 2.24) is 9.38 Å². The molecule has 1 aromatic carbocycles. The number of amidine groups is 1. The molecule has 0 aliphatic rings. The molecule has 3 aromatic rings. The van der Waals surface area contributed by atoms with E-state index in [0.717, 1.165) is 16.2 Å². The Morgan fingerprint density at radius 2 is 2.38 bits per heavy atom. The summed E-state index contributed by atoms with van der Waals surface area (Å²) < 4.78 is 7.76. The van der Waals surface area contributed by atoms with Crippen molar-refractivity contribution in [2.75, 3.05) is 0 Å². The molecule has 0 bridgehead atoms. The molecule has 0 aliphatic heterocycles. The Labute approximate surface area is 125 Å². The zero-order valence-electron chi connectivity index (χ0n) is 11.4. The summed E-state index contributed by atoms with van der Waals surface area (Å²) in [6.07, 6.45) is 3.90. The van der Waals surface area contributed by atoms with Crippen LogP contribution in [0.5, 0.6) is 5.75 Å². The first kappa shape index (κ1) is 13.4. The minimum Gasteiger partial charge on any atom is -0.487 e. The Hall–Kier alpha value is -2.54. The van der Waals surface area contributed by atoms with Crippen molar-refractivity contribution in [2.24, 2.45) is 10.9 Å². The van der Waals surface area contributed by atoms with Gasteiger partial charge in [-0.25, -0.2) is 4.98 Å². The van der Waals surface area contributed by atoms with E-state index in [1.165, 1.54) is 0 Å². The van der Waals surface area contributed by atoms with Crippen LogP contribution in [0.4, 0.5) is 0 Å². The highest BCUT2D eigenvalue weighted by atomic mass is 32.1. The third-order valence-electron chi connectivity index (χ3n) is 3.11. The molecule has 2 aromatic heterocycles. The summed E-state index contributed by atoms with van der Waals surface area (Å²) in [5.74, 6) is 0.748. The Balaban J connectivity index is 1.79. The summed E-state index contributed by atoms with van der Waals surface area (Å²) in [5.41, 5.74) is 8.04. The highest BCUT2D eigenvalue weighted by Crippen LogP contribution is 2.21. The van der Waals surface area contributed by atoms with Crippen LogP contribution < -0.4 is 10.5 Å². The van der Waals surface area contributed by atoms with Gasteiger partial charge in [0.25, 0.3) is 0 Å². The Kier molecular flexibility index (Phi) is 3.49. The van der Waals surface area contributed by atoms with Crippen LogP contribution >= 0.6 is 11.3 Å². The minimum atomic E-state index is 0.0577. The summed E-state index contributed by atoms with van der Waals surface area (Å²) in [4.78, 5) is 5.40. The molecule has 3 N–H and O–H groups in total. The highest BCUT2D eigenvalue weighted by Gasteiger charge is 2.07. The summed E-state index contributed by atoms with van der Waals surface area (Å²) in [6.45, 7) is 2.31. The number of aromatic nitrogens is 2. The van der Waals surface area contributed by atoms with Gasteiger partial charge < -0.3 is 15.7 Å². The van der Waals surface area contributed by atoms with Crippen LogP contribution in [0.15, 0.2) is 41.1 Å². The van der Waals surface area contributed by atoms with E-state index in [9.17, 15) is 0 Å². The van der Waals surface area contributed by atoms with Crippen molar-refractivity contribution in [3.05, 3.63) is 52.8 Å². The Morgan fingerprint density at radius 1 is 1.52 bits per heavy atom. The molecule has 21 heavy (non-hydrogen) atoms. The molecule has 0 saturated heterocycles. The van der Waals surface area contributed by atoms with Gasteiger partial charge in [0.2, 0.25) is 0 Å². The maximum absolute atomic E-state index is 8.72. The number of oxime groups is 1. The van der Waals surface area contributed by atoms with Gasteiger partial charge in [-0.1, -0.05) is 17.3 Å². The van der Waals surface area contributed by atoms with Crippen molar-refractivity contribution < 1.29 is 9.94 Å². The van der Waals surface area contributed by atoms with Crippen LogP contribution in [-0.4, -0.2) is 20.4 Å². The van der Waals surface area contributed by atoms with Gasteiger partial charge in [-0.2, -0.15) is 0 Å². The maximum Gasteiger partial charge on any atom is 0.193 e. The first-order valence-electron chi connectivity index (χ1n) is 6.30. The number of fused-ring (bicyclic) bond motifs is 1. The Bertz CT molecular complexity index is 778. The zero-order chi connectivity index (χ0) is 14.8. The predicted molar refractivity (Wildman–Crippen MR) is 81.1 cm³/mol. The second-order valence-electron chi connectivity index (χ2n) is 4.58. The third kappa shape index (κ3) is 2.68. The number of hydrogen-bond acceptors (Lipinski definition) is 5. The first-order chi connectivity index (χ1) is 10.2. The zero-order valence-corrected chi connectivity index (χ0v) is 12.2. The van der Waals surface area contributed by atoms with Crippen LogP contribution in [0.25, 0.3) is 4.96 Å². The fraction of sp³-hybridized carbons (Fsp3) is 0.143. The number of ether oxygens (including phenoxy) is 1. The largest absolute Gasteiger partial charge is 0.487 e. The van der Waals surface area contributed by atoms with Crippen LogP contribution in [0, 0.1) is 6.92 Å². The van der Waals surface area contributed by atoms with Crippen molar-refractivity contribution in [3.8, 4) is 5.75 Å².